The Bertz CT molecular complexity index is 1290. The SMILES string of the molecule is CCOC(=O)c1ccc(-c2cn3nc(-c4ccc(N5CCN(CCCCCOC)CC5)cc4)sc3n2)cc1. The Hall–Kier alpha value is -3.27. The third kappa shape index (κ3) is 6.23. The van der Waals surface area contributed by atoms with Crippen LogP contribution in [0.25, 0.3) is 26.8 Å². The van der Waals surface area contributed by atoms with Gasteiger partial charge in [0.2, 0.25) is 4.96 Å². The summed E-state index contributed by atoms with van der Waals surface area (Å²) < 4.78 is 12.0. The number of hydrogen-bond acceptors (Lipinski definition) is 8. The van der Waals surface area contributed by atoms with Crippen molar-refractivity contribution in [2.45, 2.75) is 26.2 Å². The number of carbonyl (C=O) groups excluding carboxylic acids is 1. The molecule has 1 fully saturated rings. The number of aromatic nitrogens is 3. The Kier molecular flexibility index (Phi) is 8.68. The topological polar surface area (TPSA) is 72.2 Å². The van der Waals surface area contributed by atoms with E-state index >= 15 is 0 Å². The van der Waals surface area contributed by atoms with E-state index < -0.39 is 0 Å². The molecule has 1 aliphatic heterocycles. The summed E-state index contributed by atoms with van der Waals surface area (Å²) in [7, 11) is 1.77. The summed E-state index contributed by atoms with van der Waals surface area (Å²) in [5.41, 5.74) is 4.67. The number of benzene rings is 2. The van der Waals surface area contributed by atoms with Crippen molar-refractivity contribution in [2.24, 2.45) is 0 Å². The van der Waals surface area contributed by atoms with Crippen LogP contribution in [0.5, 0.6) is 0 Å². The second-order valence-electron chi connectivity index (χ2n) is 9.49. The number of imidazole rings is 1. The molecule has 1 saturated heterocycles. The highest BCUT2D eigenvalue weighted by Crippen LogP contribution is 2.30. The van der Waals surface area contributed by atoms with Gasteiger partial charge in [0.15, 0.2) is 0 Å². The Morgan fingerprint density at radius 2 is 1.68 bits per heavy atom. The molecule has 0 radical (unpaired) electrons. The van der Waals surface area contributed by atoms with Gasteiger partial charge in [-0.15, -0.1) is 0 Å². The summed E-state index contributed by atoms with van der Waals surface area (Å²) in [6.45, 7) is 8.57. The molecular formula is C29H35N5O3S. The van der Waals surface area contributed by atoms with Gasteiger partial charge in [-0.25, -0.2) is 14.3 Å². The summed E-state index contributed by atoms with van der Waals surface area (Å²) >= 11 is 1.57. The molecule has 0 N–H and O–H groups in total. The number of unbranched alkanes of at least 4 members (excludes halogenated alkanes) is 2. The maximum Gasteiger partial charge on any atom is 0.338 e. The van der Waals surface area contributed by atoms with E-state index in [1.165, 1.54) is 25.1 Å². The van der Waals surface area contributed by atoms with Crippen molar-refractivity contribution in [1.29, 1.82) is 0 Å². The molecule has 9 heteroatoms. The van der Waals surface area contributed by atoms with E-state index in [4.69, 9.17) is 19.6 Å². The van der Waals surface area contributed by atoms with Gasteiger partial charge in [0, 0.05) is 56.7 Å². The first-order chi connectivity index (χ1) is 18.6. The van der Waals surface area contributed by atoms with Crippen LogP contribution in [0.3, 0.4) is 0 Å². The minimum atomic E-state index is -0.311. The molecule has 0 saturated carbocycles. The highest BCUT2D eigenvalue weighted by atomic mass is 32.1. The molecule has 5 rings (SSSR count). The Labute approximate surface area is 227 Å². The highest BCUT2D eigenvalue weighted by Gasteiger charge is 2.18. The zero-order valence-electron chi connectivity index (χ0n) is 22.1. The number of methoxy groups -OCH3 is 1. The summed E-state index contributed by atoms with van der Waals surface area (Å²) in [6, 6.07) is 16.0. The third-order valence-electron chi connectivity index (χ3n) is 6.91. The maximum atomic E-state index is 11.9. The molecule has 3 heterocycles. The minimum absolute atomic E-state index is 0.311. The van der Waals surface area contributed by atoms with Gasteiger partial charge in [0.05, 0.1) is 24.1 Å². The molecule has 0 aliphatic carbocycles. The number of fused-ring (bicyclic) bond motifs is 1. The molecule has 1 aliphatic rings. The van der Waals surface area contributed by atoms with Gasteiger partial charge in [-0.05, 0) is 69.1 Å². The van der Waals surface area contributed by atoms with Gasteiger partial charge < -0.3 is 14.4 Å². The molecular weight excluding hydrogens is 498 g/mol. The number of piperazine rings is 1. The van der Waals surface area contributed by atoms with Gasteiger partial charge in [-0.1, -0.05) is 23.5 Å². The van der Waals surface area contributed by atoms with Crippen LogP contribution in [0, 0.1) is 0 Å². The predicted octanol–water partition coefficient (Wildman–Crippen LogP) is 5.24. The van der Waals surface area contributed by atoms with Gasteiger partial charge in [-0.2, -0.15) is 5.10 Å². The number of esters is 1. The van der Waals surface area contributed by atoms with Gasteiger partial charge >= 0.3 is 5.97 Å². The van der Waals surface area contributed by atoms with Gasteiger partial charge in [0.25, 0.3) is 0 Å². The molecule has 0 unspecified atom stereocenters. The smallest absolute Gasteiger partial charge is 0.338 e. The van der Waals surface area contributed by atoms with Crippen molar-refractivity contribution in [1.82, 2.24) is 19.5 Å². The molecule has 2 aromatic heterocycles. The maximum absolute atomic E-state index is 11.9. The summed E-state index contributed by atoms with van der Waals surface area (Å²) in [5, 5.41) is 5.71. The van der Waals surface area contributed by atoms with Crippen LogP contribution >= 0.6 is 11.3 Å². The predicted molar refractivity (Wildman–Crippen MR) is 152 cm³/mol. The largest absolute Gasteiger partial charge is 0.462 e. The monoisotopic (exact) mass is 533 g/mol. The molecule has 4 aromatic rings. The van der Waals surface area contributed by atoms with Crippen LogP contribution in [0.1, 0.15) is 36.5 Å². The lowest BCUT2D eigenvalue weighted by Crippen LogP contribution is -2.46. The van der Waals surface area contributed by atoms with Crippen molar-refractivity contribution in [3.8, 4) is 21.8 Å². The van der Waals surface area contributed by atoms with Crippen LogP contribution < -0.4 is 4.90 Å². The quantitative estimate of drug-likeness (QED) is 0.193. The molecule has 200 valence electrons. The molecule has 2 aromatic carbocycles. The van der Waals surface area contributed by atoms with E-state index in [9.17, 15) is 4.79 Å². The molecule has 0 atom stereocenters. The van der Waals surface area contributed by atoms with E-state index in [0.717, 1.165) is 66.0 Å². The van der Waals surface area contributed by atoms with Crippen LogP contribution in [0.2, 0.25) is 0 Å². The first-order valence-corrected chi connectivity index (χ1v) is 14.2. The third-order valence-corrected chi connectivity index (χ3v) is 7.88. The van der Waals surface area contributed by atoms with Crippen LogP contribution in [0.15, 0.2) is 54.7 Å². The Morgan fingerprint density at radius 1 is 0.947 bits per heavy atom. The van der Waals surface area contributed by atoms with E-state index in [0.29, 0.717) is 12.2 Å². The lowest BCUT2D eigenvalue weighted by molar-refractivity contribution is 0.0526. The molecule has 0 amide bonds. The van der Waals surface area contributed by atoms with Gasteiger partial charge in [-0.3, -0.25) is 4.90 Å². The number of carbonyl (C=O) groups is 1. The van der Waals surface area contributed by atoms with Crippen LogP contribution in [0.4, 0.5) is 5.69 Å². The van der Waals surface area contributed by atoms with Crippen molar-refractivity contribution >= 4 is 28.0 Å². The summed E-state index contributed by atoms with van der Waals surface area (Å²) in [4.78, 5) is 22.5. The standard InChI is InChI=1S/C29H35N5O3S/c1-3-37-28(35)24-9-7-22(8-10-24)26-21-34-29(30-26)38-27(31-34)23-11-13-25(14-12-23)33-18-16-32(17-19-33)15-5-4-6-20-36-2/h7-14,21H,3-6,15-20H2,1-2H3. The Morgan fingerprint density at radius 3 is 2.37 bits per heavy atom. The average molecular weight is 534 g/mol. The highest BCUT2D eigenvalue weighted by molar-refractivity contribution is 7.19. The zero-order valence-corrected chi connectivity index (χ0v) is 23.0. The number of anilines is 1. The first kappa shape index (κ1) is 26.3. The zero-order chi connectivity index (χ0) is 26.3. The second kappa shape index (κ2) is 12.5. The van der Waals surface area contributed by atoms with Crippen LogP contribution in [-0.2, 0) is 9.47 Å². The molecule has 38 heavy (non-hydrogen) atoms. The fraction of sp³-hybridized carbons (Fsp3) is 0.414. The fourth-order valence-electron chi connectivity index (χ4n) is 4.75. The van der Waals surface area contributed by atoms with Crippen molar-refractivity contribution in [2.75, 3.05) is 57.9 Å². The van der Waals surface area contributed by atoms with Crippen molar-refractivity contribution < 1.29 is 14.3 Å². The number of rotatable bonds is 11. The Balaban J connectivity index is 1.17. The lowest BCUT2D eigenvalue weighted by atomic mass is 10.1. The summed E-state index contributed by atoms with van der Waals surface area (Å²) in [5.74, 6) is -0.311. The second-order valence-corrected chi connectivity index (χ2v) is 10.4. The van der Waals surface area contributed by atoms with Crippen LogP contribution in [-0.4, -0.2) is 78.5 Å². The molecule has 8 nitrogen and oxygen atoms in total. The minimum Gasteiger partial charge on any atom is -0.462 e. The van der Waals surface area contributed by atoms with Gasteiger partial charge in [0.1, 0.15) is 5.01 Å². The van der Waals surface area contributed by atoms with E-state index in [1.54, 1.807) is 37.5 Å². The fourth-order valence-corrected chi connectivity index (χ4v) is 5.64. The molecule has 0 spiro atoms. The van der Waals surface area contributed by atoms with E-state index in [2.05, 4.69) is 34.1 Å². The molecule has 0 bridgehead atoms. The average Bonchev–Trinajstić information content (AvgIpc) is 3.54. The van der Waals surface area contributed by atoms with E-state index in [-0.39, 0.29) is 5.97 Å². The summed E-state index contributed by atoms with van der Waals surface area (Å²) in [6.07, 6.45) is 5.57. The van der Waals surface area contributed by atoms with Crippen molar-refractivity contribution in [3.05, 3.63) is 60.3 Å². The number of hydrogen-bond donors (Lipinski definition) is 0. The van der Waals surface area contributed by atoms with Crippen molar-refractivity contribution in [3.63, 3.8) is 0 Å². The normalized spacial score (nSPS) is 14.3. The van der Waals surface area contributed by atoms with E-state index in [1.807, 2.05) is 22.8 Å². The lowest BCUT2D eigenvalue weighted by Gasteiger charge is -2.36. The number of ether oxygens (including phenoxy) is 2. The first-order valence-electron chi connectivity index (χ1n) is 13.3. The number of nitrogens with zero attached hydrogens (tertiary/aromatic N) is 5.